The molecule has 0 aliphatic rings. The van der Waals surface area contributed by atoms with Crippen molar-refractivity contribution in [3.8, 4) is 6.07 Å². The van der Waals surface area contributed by atoms with Crippen LogP contribution in [0.1, 0.15) is 5.56 Å². The zero-order chi connectivity index (χ0) is 8.48. The van der Waals surface area contributed by atoms with Crippen LogP contribution in [0.4, 0.5) is 12.9 Å². The van der Waals surface area contributed by atoms with Crippen LogP contribution in [0, 0.1) is 11.3 Å². The van der Waals surface area contributed by atoms with Crippen molar-refractivity contribution in [2.45, 2.75) is 0 Å². The van der Waals surface area contributed by atoms with Gasteiger partial charge >= 0.3 is 58.4 Å². The molecule has 0 aliphatic carbocycles. The maximum atomic E-state index is 11.9. The third kappa shape index (κ3) is 2.64. The van der Waals surface area contributed by atoms with Gasteiger partial charge in [-0.1, -0.05) is 0 Å². The minimum atomic E-state index is -5.19. The molecule has 0 unspecified atom stereocenters. The second kappa shape index (κ2) is 4.48. The summed E-state index contributed by atoms with van der Waals surface area (Å²) in [5.74, 6) is 0. The Labute approximate surface area is 109 Å². The Morgan fingerprint density at radius 2 is 2.00 bits per heavy atom. The molecule has 0 fully saturated rings. The molecule has 0 aromatic carbocycles. The molecule has 12 heavy (non-hydrogen) atoms. The molecule has 2 nitrogen and oxygen atoms in total. The van der Waals surface area contributed by atoms with E-state index >= 15 is 0 Å². The number of rotatable bonds is 1. The van der Waals surface area contributed by atoms with Crippen molar-refractivity contribution in [1.82, 2.24) is 0 Å². The minimum absolute atomic E-state index is 0. The standard InChI is InChI=1S/C5H2BF3NO.K/c7-6(8,9)5-4(3-10)1-2-11-5;/h1-2H;/q-1;+1. The summed E-state index contributed by atoms with van der Waals surface area (Å²) in [6.45, 7) is -5.19. The maximum absolute atomic E-state index is 11.9. The van der Waals surface area contributed by atoms with Crippen LogP contribution in [0.25, 0.3) is 0 Å². The fourth-order valence-corrected chi connectivity index (χ4v) is 0.667. The first-order chi connectivity index (χ1) is 5.05. The summed E-state index contributed by atoms with van der Waals surface area (Å²) in [7, 11) is 0. The van der Waals surface area contributed by atoms with Crippen molar-refractivity contribution in [2.24, 2.45) is 0 Å². The van der Waals surface area contributed by atoms with Gasteiger partial charge in [0.1, 0.15) is 0 Å². The SMILES string of the molecule is N#Cc1ccoc1[B-](F)(F)F.[K+]. The quantitative estimate of drug-likeness (QED) is 0.501. The molecule has 0 radical (unpaired) electrons. The maximum Gasteiger partial charge on any atom is 1.00 e. The van der Waals surface area contributed by atoms with Gasteiger partial charge in [-0.15, -0.1) is 0 Å². The van der Waals surface area contributed by atoms with Gasteiger partial charge in [-0.3, -0.25) is 0 Å². The molecule has 58 valence electrons. The van der Waals surface area contributed by atoms with Crippen LogP contribution < -0.4 is 57.0 Å². The Morgan fingerprint density at radius 1 is 1.42 bits per heavy atom. The molecule has 0 amide bonds. The normalized spacial score (nSPS) is 10.2. The van der Waals surface area contributed by atoms with Crippen molar-refractivity contribution < 1.29 is 68.7 Å². The number of hydrogen-bond donors (Lipinski definition) is 0. The van der Waals surface area contributed by atoms with Gasteiger partial charge < -0.3 is 17.4 Å². The zero-order valence-corrected chi connectivity index (χ0v) is 9.34. The summed E-state index contributed by atoms with van der Waals surface area (Å²) >= 11 is 0. The molecule has 1 rings (SSSR count). The van der Waals surface area contributed by atoms with Crippen molar-refractivity contribution >= 4 is 12.6 Å². The molecule has 0 saturated heterocycles. The second-order valence-corrected chi connectivity index (χ2v) is 1.89. The van der Waals surface area contributed by atoms with Gasteiger partial charge in [0.25, 0.3) is 0 Å². The molecular weight excluding hydrogens is 197 g/mol. The summed E-state index contributed by atoms with van der Waals surface area (Å²) in [4.78, 5) is 0. The van der Waals surface area contributed by atoms with Crippen LogP contribution in [-0.2, 0) is 0 Å². The molecule has 1 aromatic heterocycles. The number of hydrogen-bond acceptors (Lipinski definition) is 2. The number of furan rings is 1. The van der Waals surface area contributed by atoms with Gasteiger partial charge in [0, 0.05) is 0 Å². The Morgan fingerprint density at radius 3 is 2.33 bits per heavy atom. The van der Waals surface area contributed by atoms with Gasteiger partial charge in [-0.2, -0.15) is 5.26 Å². The Balaban J connectivity index is 0.00000121. The topological polar surface area (TPSA) is 36.9 Å². The van der Waals surface area contributed by atoms with Crippen molar-refractivity contribution in [1.29, 1.82) is 5.26 Å². The van der Waals surface area contributed by atoms with Gasteiger partial charge in [-0.25, -0.2) is 0 Å². The Kier molecular flexibility index (Phi) is 4.58. The van der Waals surface area contributed by atoms with Crippen molar-refractivity contribution in [3.05, 3.63) is 17.9 Å². The second-order valence-electron chi connectivity index (χ2n) is 1.89. The third-order valence-corrected chi connectivity index (χ3v) is 1.11. The fourth-order valence-electron chi connectivity index (χ4n) is 0.667. The number of halogens is 3. The number of nitriles is 1. The molecular formula is C5H2BF3KNO. The fraction of sp³-hybridized carbons (Fsp3) is 0. The summed E-state index contributed by atoms with van der Waals surface area (Å²) in [5.41, 5.74) is -1.63. The molecule has 7 heteroatoms. The van der Waals surface area contributed by atoms with E-state index in [4.69, 9.17) is 5.26 Å². The van der Waals surface area contributed by atoms with E-state index in [1.165, 1.54) is 6.07 Å². The monoisotopic (exact) mass is 199 g/mol. The van der Waals surface area contributed by atoms with E-state index in [2.05, 4.69) is 4.42 Å². The van der Waals surface area contributed by atoms with E-state index in [9.17, 15) is 12.9 Å². The summed E-state index contributed by atoms with van der Waals surface area (Å²) < 4.78 is 39.8. The van der Waals surface area contributed by atoms with E-state index in [1.54, 1.807) is 0 Å². The summed E-state index contributed by atoms with van der Waals surface area (Å²) in [6, 6.07) is 2.37. The molecule has 1 aromatic rings. The summed E-state index contributed by atoms with van der Waals surface area (Å²) in [5, 5.41) is 8.17. The first-order valence-electron chi connectivity index (χ1n) is 2.73. The zero-order valence-electron chi connectivity index (χ0n) is 6.22. The number of nitrogens with zero attached hydrogens (tertiary/aromatic N) is 1. The van der Waals surface area contributed by atoms with Gasteiger partial charge in [-0.05, 0) is 6.07 Å². The molecule has 0 aliphatic heterocycles. The molecule has 0 atom stereocenters. The van der Waals surface area contributed by atoms with Crippen molar-refractivity contribution in [3.63, 3.8) is 0 Å². The van der Waals surface area contributed by atoms with E-state index < -0.39 is 18.2 Å². The molecule has 0 bridgehead atoms. The van der Waals surface area contributed by atoms with Crippen LogP contribution in [0.2, 0.25) is 0 Å². The van der Waals surface area contributed by atoms with E-state index in [1.807, 2.05) is 0 Å². The van der Waals surface area contributed by atoms with Gasteiger partial charge in [0.15, 0.2) is 0 Å². The average Bonchev–Trinajstić information content (AvgIpc) is 2.31. The first kappa shape index (κ1) is 12.3. The van der Waals surface area contributed by atoms with E-state index in [0.717, 1.165) is 12.3 Å². The summed E-state index contributed by atoms with van der Waals surface area (Å²) in [6.07, 6.45) is 0.850. The van der Waals surface area contributed by atoms with E-state index in [0.29, 0.717) is 0 Å². The van der Waals surface area contributed by atoms with Gasteiger partial charge in [0.2, 0.25) is 0 Å². The van der Waals surface area contributed by atoms with Crippen LogP contribution in [-0.4, -0.2) is 6.98 Å². The Hall–Kier alpha value is 0.261. The van der Waals surface area contributed by atoms with E-state index in [-0.39, 0.29) is 51.4 Å². The van der Waals surface area contributed by atoms with Crippen LogP contribution in [0.5, 0.6) is 0 Å². The predicted octanol–water partition coefficient (Wildman–Crippen LogP) is -1.79. The van der Waals surface area contributed by atoms with Crippen LogP contribution in [0.15, 0.2) is 16.7 Å². The third-order valence-electron chi connectivity index (χ3n) is 1.11. The van der Waals surface area contributed by atoms with Crippen molar-refractivity contribution in [2.75, 3.05) is 0 Å². The molecule has 1 heterocycles. The molecule has 0 saturated carbocycles. The first-order valence-corrected chi connectivity index (χ1v) is 2.73. The predicted molar refractivity (Wildman–Crippen MR) is 32.1 cm³/mol. The average molecular weight is 199 g/mol. The largest absolute Gasteiger partial charge is 1.00 e. The van der Waals surface area contributed by atoms with Gasteiger partial charge in [0.05, 0.1) is 23.6 Å². The smallest absolute Gasteiger partial charge is 0.500 e. The molecule has 0 N–H and O–H groups in total. The van der Waals surface area contributed by atoms with Crippen LogP contribution in [0.3, 0.4) is 0 Å². The van der Waals surface area contributed by atoms with Crippen LogP contribution >= 0.6 is 0 Å². The minimum Gasteiger partial charge on any atom is -0.500 e. The molecule has 0 spiro atoms. The Bertz CT molecular complexity index is 302.